The zero-order chi connectivity index (χ0) is 25.1. The van der Waals surface area contributed by atoms with Gasteiger partial charge >= 0.3 is 0 Å². The van der Waals surface area contributed by atoms with E-state index in [0.717, 1.165) is 27.8 Å². The van der Waals surface area contributed by atoms with Crippen LogP contribution in [0.5, 0.6) is 0 Å². The van der Waals surface area contributed by atoms with Gasteiger partial charge in [-0.1, -0.05) is 78.9 Å². The van der Waals surface area contributed by atoms with Crippen molar-refractivity contribution < 1.29 is 0 Å². The molecule has 0 aliphatic heterocycles. The molecule has 3 heterocycles. The highest BCUT2D eigenvalue weighted by Gasteiger charge is 2.17. The Labute approximate surface area is 219 Å². The highest BCUT2D eigenvalue weighted by molar-refractivity contribution is 6.20. The Kier molecular flexibility index (Phi) is 4.49. The Hall–Kier alpha value is -5.22. The average molecular weight is 487 g/mol. The zero-order valence-corrected chi connectivity index (χ0v) is 20.5. The summed E-state index contributed by atoms with van der Waals surface area (Å²) in [5.41, 5.74) is 6.65. The Balaban J connectivity index is 1.43. The summed E-state index contributed by atoms with van der Waals surface area (Å²) in [5.74, 6) is 0.668. The number of aromatic nitrogens is 4. The molecule has 178 valence electrons. The van der Waals surface area contributed by atoms with Crippen molar-refractivity contribution in [3.05, 3.63) is 134 Å². The highest BCUT2D eigenvalue weighted by Crippen LogP contribution is 2.38. The quantitative estimate of drug-likeness (QED) is 0.252. The van der Waals surface area contributed by atoms with E-state index in [-0.39, 0.29) is 0 Å². The molecular formula is C34H22N4. The maximum atomic E-state index is 4.87. The summed E-state index contributed by atoms with van der Waals surface area (Å²) < 4.78 is 4.47. The summed E-state index contributed by atoms with van der Waals surface area (Å²) in [6, 6.07) is 40.5. The second-order valence-corrected chi connectivity index (χ2v) is 9.61. The molecule has 0 saturated heterocycles. The number of hydrogen-bond acceptors (Lipinski definition) is 2. The lowest BCUT2D eigenvalue weighted by Crippen LogP contribution is -2.01. The molecule has 0 aliphatic rings. The zero-order valence-electron chi connectivity index (χ0n) is 20.5. The Bertz CT molecular complexity index is 2100. The van der Waals surface area contributed by atoms with Crippen LogP contribution in [0.4, 0.5) is 0 Å². The molecule has 0 atom stereocenters. The lowest BCUT2D eigenvalue weighted by molar-refractivity contribution is 0.992. The predicted molar refractivity (Wildman–Crippen MR) is 156 cm³/mol. The Morgan fingerprint density at radius 3 is 2.05 bits per heavy atom. The molecule has 4 nitrogen and oxygen atoms in total. The van der Waals surface area contributed by atoms with Crippen LogP contribution in [0.1, 0.15) is 0 Å². The topological polar surface area (TPSA) is 35.6 Å². The lowest BCUT2D eigenvalue weighted by atomic mass is 10.0. The number of nitrogens with zero attached hydrogens (tertiary/aromatic N) is 4. The van der Waals surface area contributed by atoms with E-state index in [1.807, 2.05) is 30.6 Å². The van der Waals surface area contributed by atoms with Crippen LogP contribution in [0.2, 0.25) is 0 Å². The van der Waals surface area contributed by atoms with Gasteiger partial charge in [-0.3, -0.25) is 4.57 Å². The van der Waals surface area contributed by atoms with E-state index in [1.54, 1.807) is 0 Å². The second kappa shape index (κ2) is 8.15. The third-order valence-electron chi connectivity index (χ3n) is 7.44. The fourth-order valence-electron chi connectivity index (χ4n) is 5.65. The van der Waals surface area contributed by atoms with Gasteiger partial charge in [0.25, 0.3) is 0 Å². The van der Waals surface area contributed by atoms with Crippen molar-refractivity contribution in [2.24, 2.45) is 0 Å². The van der Waals surface area contributed by atoms with Crippen LogP contribution in [0.15, 0.2) is 134 Å². The second-order valence-electron chi connectivity index (χ2n) is 9.61. The molecule has 0 unspecified atom stereocenters. The van der Waals surface area contributed by atoms with E-state index in [0.29, 0.717) is 5.95 Å². The third-order valence-corrected chi connectivity index (χ3v) is 7.44. The van der Waals surface area contributed by atoms with Crippen LogP contribution in [-0.4, -0.2) is 19.1 Å². The molecule has 0 fully saturated rings. The lowest BCUT2D eigenvalue weighted by Gasteiger charge is -2.10. The van der Waals surface area contributed by atoms with E-state index in [4.69, 9.17) is 9.97 Å². The first kappa shape index (κ1) is 20.9. The standard InChI is InChI=1S/C34H22N4/c1-3-9-23(10-4-1)26-21-35-34(36-22-26)38-31-14-8-7-13-28(31)29-16-15-24-19-25-17-18-37(27-11-5-2-6-12-27)32(25)20-30(24)33(29)38/h1-22H. The molecule has 0 saturated carbocycles. The minimum absolute atomic E-state index is 0.668. The van der Waals surface area contributed by atoms with Crippen molar-refractivity contribution in [1.29, 1.82) is 0 Å². The molecule has 0 bridgehead atoms. The van der Waals surface area contributed by atoms with E-state index in [9.17, 15) is 0 Å². The first-order valence-corrected chi connectivity index (χ1v) is 12.8. The first-order chi connectivity index (χ1) is 18.8. The van der Waals surface area contributed by atoms with Crippen LogP contribution in [0.25, 0.3) is 66.2 Å². The molecule has 8 rings (SSSR count). The van der Waals surface area contributed by atoms with Crippen LogP contribution in [-0.2, 0) is 0 Å². The molecule has 0 radical (unpaired) electrons. The van der Waals surface area contributed by atoms with Crippen LogP contribution in [0, 0.1) is 0 Å². The summed E-state index contributed by atoms with van der Waals surface area (Å²) >= 11 is 0. The minimum Gasteiger partial charge on any atom is -0.317 e. The predicted octanol–water partition coefficient (Wildman–Crippen LogP) is 8.34. The largest absolute Gasteiger partial charge is 0.317 e. The number of fused-ring (bicyclic) bond motifs is 6. The molecule has 4 heteroatoms. The Morgan fingerprint density at radius 1 is 0.500 bits per heavy atom. The van der Waals surface area contributed by atoms with E-state index in [2.05, 4.69) is 112 Å². The van der Waals surface area contributed by atoms with Crippen molar-refractivity contribution in [3.63, 3.8) is 0 Å². The molecule has 0 amide bonds. The van der Waals surface area contributed by atoms with Crippen LogP contribution in [0.3, 0.4) is 0 Å². The molecule has 3 aromatic heterocycles. The maximum Gasteiger partial charge on any atom is 0.234 e. The van der Waals surface area contributed by atoms with Gasteiger partial charge in [0, 0.05) is 51.4 Å². The van der Waals surface area contributed by atoms with Gasteiger partial charge in [-0.25, -0.2) is 9.97 Å². The van der Waals surface area contributed by atoms with Crippen LogP contribution >= 0.6 is 0 Å². The van der Waals surface area contributed by atoms with Gasteiger partial charge in [0.1, 0.15) is 0 Å². The van der Waals surface area contributed by atoms with Gasteiger partial charge in [-0.15, -0.1) is 0 Å². The monoisotopic (exact) mass is 486 g/mol. The highest BCUT2D eigenvalue weighted by atomic mass is 15.1. The normalized spacial score (nSPS) is 11.7. The van der Waals surface area contributed by atoms with Crippen molar-refractivity contribution in [1.82, 2.24) is 19.1 Å². The maximum absolute atomic E-state index is 4.87. The van der Waals surface area contributed by atoms with Gasteiger partial charge in [0.2, 0.25) is 5.95 Å². The summed E-state index contributed by atoms with van der Waals surface area (Å²) in [7, 11) is 0. The van der Waals surface area contributed by atoms with Gasteiger partial charge in [0.15, 0.2) is 0 Å². The fraction of sp³-hybridized carbons (Fsp3) is 0. The number of benzene rings is 5. The number of rotatable bonds is 3. The molecule has 8 aromatic rings. The summed E-state index contributed by atoms with van der Waals surface area (Å²) in [5, 5.41) is 5.98. The summed E-state index contributed by atoms with van der Waals surface area (Å²) in [6.07, 6.45) is 5.99. The summed E-state index contributed by atoms with van der Waals surface area (Å²) in [6.45, 7) is 0. The smallest absolute Gasteiger partial charge is 0.234 e. The molecule has 0 aliphatic carbocycles. The van der Waals surface area contributed by atoms with Crippen molar-refractivity contribution in [3.8, 4) is 22.8 Å². The SMILES string of the molecule is c1ccc(-c2cnc(-n3c4ccccc4c4ccc5cc6ccn(-c7ccccc7)c6cc5c43)nc2)cc1. The fourth-order valence-corrected chi connectivity index (χ4v) is 5.65. The molecule has 0 N–H and O–H groups in total. The van der Waals surface area contributed by atoms with E-state index >= 15 is 0 Å². The molecule has 0 spiro atoms. The third kappa shape index (κ3) is 3.10. The molecule has 5 aromatic carbocycles. The van der Waals surface area contributed by atoms with Gasteiger partial charge in [-0.05, 0) is 47.3 Å². The molecule has 38 heavy (non-hydrogen) atoms. The number of para-hydroxylation sites is 2. The van der Waals surface area contributed by atoms with E-state index < -0.39 is 0 Å². The average Bonchev–Trinajstić information content (AvgIpc) is 3.56. The van der Waals surface area contributed by atoms with Gasteiger partial charge in [0.05, 0.1) is 16.6 Å². The van der Waals surface area contributed by atoms with Gasteiger partial charge in [-0.2, -0.15) is 0 Å². The minimum atomic E-state index is 0.668. The van der Waals surface area contributed by atoms with Crippen molar-refractivity contribution >= 4 is 43.5 Å². The summed E-state index contributed by atoms with van der Waals surface area (Å²) in [4.78, 5) is 9.74. The van der Waals surface area contributed by atoms with Crippen molar-refractivity contribution in [2.45, 2.75) is 0 Å². The van der Waals surface area contributed by atoms with Gasteiger partial charge < -0.3 is 4.57 Å². The molecular weight excluding hydrogens is 464 g/mol. The van der Waals surface area contributed by atoms with E-state index in [1.165, 1.54) is 32.4 Å². The number of hydrogen-bond donors (Lipinski definition) is 0. The Morgan fingerprint density at radius 2 is 1.24 bits per heavy atom. The first-order valence-electron chi connectivity index (χ1n) is 12.8. The van der Waals surface area contributed by atoms with Crippen LogP contribution < -0.4 is 0 Å². The van der Waals surface area contributed by atoms with Crippen molar-refractivity contribution in [2.75, 3.05) is 0 Å².